The molecule has 1 atom stereocenters. The van der Waals surface area contributed by atoms with E-state index in [-0.39, 0.29) is 24.1 Å². The van der Waals surface area contributed by atoms with E-state index in [1.165, 1.54) is 18.5 Å². The molecule has 0 fully saturated rings. The predicted octanol–water partition coefficient (Wildman–Crippen LogP) is 4.33. The molecule has 0 amide bonds. The number of esters is 1. The van der Waals surface area contributed by atoms with Crippen molar-refractivity contribution < 1.29 is 13.9 Å². The zero-order valence-electron chi connectivity index (χ0n) is 15.9. The first-order valence-corrected chi connectivity index (χ1v) is 9.07. The molecule has 28 heavy (non-hydrogen) atoms. The van der Waals surface area contributed by atoms with Crippen LogP contribution in [-0.4, -0.2) is 26.3 Å². The number of hydrogen-bond donors (Lipinski definition) is 1. The fourth-order valence-corrected chi connectivity index (χ4v) is 3.46. The third kappa shape index (κ3) is 3.60. The first-order chi connectivity index (χ1) is 13.3. The Morgan fingerprint density at radius 3 is 2.71 bits per heavy atom. The highest BCUT2D eigenvalue weighted by Crippen LogP contribution is 2.44. The Morgan fingerprint density at radius 1 is 1.18 bits per heavy atom. The molecule has 0 saturated carbocycles. The summed E-state index contributed by atoms with van der Waals surface area (Å²) in [4.78, 5) is 16.5. The minimum absolute atomic E-state index is 0.130. The van der Waals surface area contributed by atoms with Gasteiger partial charge in [-0.3, -0.25) is 4.79 Å². The summed E-state index contributed by atoms with van der Waals surface area (Å²) in [5.41, 5.74) is 3.54. The Bertz CT molecular complexity index is 1030. The van der Waals surface area contributed by atoms with Crippen molar-refractivity contribution in [1.82, 2.24) is 14.8 Å². The van der Waals surface area contributed by atoms with E-state index in [1.807, 2.05) is 39.0 Å². The minimum atomic E-state index is -0.575. The number of anilines is 2. The summed E-state index contributed by atoms with van der Waals surface area (Å²) in [6.45, 7) is 5.50. The molecule has 3 aromatic rings. The van der Waals surface area contributed by atoms with Crippen LogP contribution < -0.4 is 5.32 Å². The van der Waals surface area contributed by atoms with Crippen molar-refractivity contribution in [2.75, 3.05) is 5.32 Å². The fourth-order valence-electron chi connectivity index (χ4n) is 3.46. The largest absolute Gasteiger partial charge is 0.460 e. The van der Waals surface area contributed by atoms with Crippen molar-refractivity contribution in [3.8, 4) is 5.69 Å². The van der Waals surface area contributed by atoms with E-state index in [0.717, 1.165) is 28.2 Å². The molecule has 1 N–H and O–H groups in total. The van der Waals surface area contributed by atoms with Crippen molar-refractivity contribution in [2.45, 2.75) is 38.7 Å². The Kier molecular flexibility index (Phi) is 4.37. The molecular formula is C21H21FN4O2. The van der Waals surface area contributed by atoms with E-state index in [0.29, 0.717) is 0 Å². The molecule has 1 aliphatic heterocycles. The summed E-state index contributed by atoms with van der Waals surface area (Å²) in [5, 5.41) is 7.49. The number of fused-ring (bicyclic) bond motifs is 2. The fraction of sp³-hybridized carbons (Fsp3) is 0.286. The van der Waals surface area contributed by atoms with Crippen LogP contribution in [0.15, 0.2) is 49.1 Å². The second-order valence-electron chi connectivity index (χ2n) is 7.81. The monoisotopic (exact) mass is 380 g/mol. The summed E-state index contributed by atoms with van der Waals surface area (Å²) < 4.78 is 21.1. The van der Waals surface area contributed by atoms with Gasteiger partial charge in [0.05, 0.1) is 12.1 Å². The molecule has 7 heteroatoms. The highest BCUT2D eigenvalue weighted by Gasteiger charge is 2.30. The van der Waals surface area contributed by atoms with E-state index in [9.17, 15) is 9.18 Å². The smallest absolute Gasteiger partial charge is 0.307 e. The number of nitrogens with one attached hydrogen (secondary N) is 1. The van der Waals surface area contributed by atoms with Crippen LogP contribution in [0.5, 0.6) is 0 Å². The molecule has 0 saturated heterocycles. The van der Waals surface area contributed by atoms with Crippen LogP contribution in [0.1, 0.15) is 44.2 Å². The standard InChI is InChI=1S/C21H21FN4O2/c1-21(2,3)28-20(27)10-16-15-6-5-14(26-12-23-11-24-26)9-19(15)25-18-7-4-13(22)8-17(16)18/h4-9,11-12,16,25H,10H2,1-3H3. The molecule has 1 unspecified atom stereocenters. The molecule has 2 aromatic carbocycles. The van der Waals surface area contributed by atoms with Crippen molar-refractivity contribution in [3.05, 3.63) is 66.0 Å². The first kappa shape index (κ1) is 18.2. The number of carbonyl (C=O) groups is 1. The molecular weight excluding hydrogens is 359 g/mol. The van der Waals surface area contributed by atoms with E-state index in [4.69, 9.17) is 4.74 Å². The molecule has 1 aromatic heterocycles. The van der Waals surface area contributed by atoms with Crippen LogP contribution in [-0.2, 0) is 9.53 Å². The number of benzene rings is 2. The zero-order valence-corrected chi connectivity index (χ0v) is 15.9. The zero-order chi connectivity index (χ0) is 19.9. The first-order valence-electron chi connectivity index (χ1n) is 9.07. The third-order valence-electron chi connectivity index (χ3n) is 4.54. The van der Waals surface area contributed by atoms with Gasteiger partial charge in [0.25, 0.3) is 0 Å². The van der Waals surface area contributed by atoms with Gasteiger partial charge in [0.2, 0.25) is 0 Å². The summed E-state index contributed by atoms with van der Waals surface area (Å²) in [7, 11) is 0. The molecule has 0 bridgehead atoms. The van der Waals surface area contributed by atoms with Crippen LogP contribution in [0.25, 0.3) is 5.69 Å². The topological polar surface area (TPSA) is 69.0 Å². The molecule has 4 rings (SSSR count). The maximum Gasteiger partial charge on any atom is 0.307 e. The number of ether oxygens (including phenoxy) is 1. The van der Waals surface area contributed by atoms with Gasteiger partial charge >= 0.3 is 5.97 Å². The molecule has 2 heterocycles. The van der Waals surface area contributed by atoms with Crippen LogP contribution in [0.2, 0.25) is 0 Å². The summed E-state index contributed by atoms with van der Waals surface area (Å²) in [6.07, 6.45) is 3.22. The Hall–Kier alpha value is -3.22. The lowest BCUT2D eigenvalue weighted by molar-refractivity contribution is -0.155. The summed E-state index contributed by atoms with van der Waals surface area (Å²) in [6, 6.07) is 10.4. The summed E-state index contributed by atoms with van der Waals surface area (Å²) in [5.74, 6) is -0.958. The lowest BCUT2D eigenvalue weighted by Crippen LogP contribution is -2.26. The highest BCUT2D eigenvalue weighted by molar-refractivity contribution is 5.79. The van der Waals surface area contributed by atoms with Crippen LogP contribution >= 0.6 is 0 Å². The number of aromatic nitrogens is 3. The maximum absolute atomic E-state index is 13.9. The third-order valence-corrected chi connectivity index (χ3v) is 4.54. The number of halogens is 1. The minimum Gasteiger partial charge on any atom is -0.460 e. The van der Waals surface area contributed by atoms with Gasteiger partial charge in [0.1, 0.15) is 24.1 Å². The van der Waals surface area contributed by atoms with Gasteiger partial charge in [-0.2, -0.15) is 5.10 Å². The second-order valence-corrected chi connectivity index (χ2v) is 7.81. The van der Waals surface area contributed by atoms with E-state index >= 15 is 0 Å². The van der Waals surface area contributed by atoms with E-state index < -0.39 is 5.60 Å². The lowest BCUT2D eigenvalue weighted by Gasteiger charge is -2.30. The van der Waals surface area contributed by atoms with Crippen molar-refractivity contribution in [3.63, 3.8) is 0 Å². The van der Waals surface area contributed by atoms with Crippen LogP contribution in [0, 0.1) is 5.82 Å². The Morgan fingerprint density at radius 2 is 2.00 bits per heavy atom. The van der Waals surface area contributed by atoms with Crippen molar-refractivity contribution in [1.29, 1.82) is 0 Å². The van der Waals surface area contributed by atoms with Gasteiger partial charge < -0.3 is 10.1 Å². The van der Waals surface area contributed by atoms with Gasteiger partial charge in [0.15, 0.2) is 0 Å². The average Bonchev–Trinajstić information content (AvgIpc) is 3.14. The summed E-state index contributed by atoms with van der Waals surface area (Å²) >= 11 is 0. The second kappa shape index (κ2) is 6.74. The van der Waals surface area contributed by atoms with Gasteiger partial charge in [-0.15, -0.1) is 0 Å². The highest BCUT2D eigenvalue weighted by atomic mass is 19.1. The number of hydrogen-bond acceptors (Lipinski definition) is 5. The SMILES string of the molecule is CC(C)(C)OC(=O)CC1c2ccc(-n3cncn3)cc2Nc2ccc(F)cc21. The average molecular weight is 380 g/mol. The van der Waals surface area contributed by atoms with Gasteiger partial charge in [0, 0.05) is 17.3 Å². The van der Waals surface area contributed by atoms with Gasteiger partial charge in [-0.1, -0.05) is 6.07 Å². The predicted molar refractivity (Wildman–Crippen MR) is 103 cm³/mol. The quantitative estimate of drug-likeness (QED) is 0.685. The molecule has 6 nitrogen and oxygen atoms in total. The van der Waals surface area contributed by atoms with E-state index in [2.05, 4.69) is 15.4 Å². The normalized spacial score (nSPS) is 15.4. The van der Waals surface area contributed by atoms with Crippen molar-refractivity contribution >= 4 is 17.3 Å². The van der Waals surface area contributed by atoms with Crippen molar-refractivity contribution in [2.24, 2.45) is 0 Å². The Balaban J connectivity index is 1.74. The van der Waals surface area contributed by atoms with Crippen LogP contribution in [0.3, 0.4) is 0 Å². The molecule has 0 aliphatic carbocycles. The maximum atomic E-state index is 13.9. The lowest BCUT2D eigenvalue weighted by atomic mass is 9.83. The number of nitrogens with zero attached hydrogens (tertiary/aromatic N) is 3. The van der Waals surface area contributed by atoms with Gasteiger partial charge in [-0.25, -0.2) is 14.1 Å². The van der Waals surface area contributed by atoms with Crippen LogP contribution in [0.4, 0.5) is 15.8 Å². The van der Waals surface area contributed by atoms with Gasteiger partial charge in [-0.05, 0) is 62.2 Å². The Labute approximate surface area is 162 Å². The molecule has 1 aliphatic rings. The molecule has 0 spiro atoms. The van der Waals surface area contributed by atoms with E-state index in [1.54, 1.807) is 17.1 Å². The number of carbonyl (C=O) groups excluding carboxylic acids is 1. The number of rotatable bonds is 3. The molecule has 0 radical (unpaired) electrons. The molecule has 144 valence electrons.